The Morgan fingerprint density at radius 1 is 1.25 bits per heavy atom. The van der Waals surface area contributed by atoms with Gasteiger partial charge in [0, 0.05) is 12.4 Å². The molecule has 0 fully saturated rings. The lowest BCUT2D eigenvalue weighted by Gasteiger charge is -2.10. The van der Waals surface area contributed by atoms with Gasteiger partial charge in [0.1, 0.15) is 17.2 Å². The van der Waals surface area contributed by atoms with Crippen LogP contribution in [0.5, 0.6) is 0 Å². The van der Waals surface area contributed by atoms with Crippen LogP contribution < -0.4 is 5.73 Å². The van der Waals surface area contributed by atoms with Crippen molar-refractivity contribution in [3.8, 4) is 5.82 Å². The third-order valence-corrected chi connectivity index (χ3v) is 3.05. The first-order valence-corrected chi connectivity index (χ1v) is 6.24. The second kappa shape index (κ2) is 5.75. The number of hydrogen-bond donors (Lipinski definition) is 1. The average molecular weight is 310 g/mol. The minimum atomic E-state index is -0.204. The lowest BCUT2D eigenvalue weighted by atomic mass is 10.3. The van der Waals surface area contributed by atoms with E-state index in [1.54, 1.807) is 24.7 Å². The number of aromatic nitrogens is 4. The molecule has 0 saturated heterocycles. The highest BCUT2D eigenvalue weighted by atomic mass is 35.5. The Morgan fingerprint density at radius 3 is 2.70 bits per heavy atom. The van der Waals surface area contributed by atoms with E-state index in [1.165, 1.54) is 0 Å². The van der Waals surface area contributed by atoms with Gasteiger partial charge in [0.05, 0.1) is 22.8 Å². The summed E-state index contributed by atoms with van der Waals surface area (Å²) in [5.74, 6) is 1.49. The fraction of sp³-hybridized carbons (Fsp3) is 0.154. The predicted octanol–water partition coefficient (Wildman–Crippen LogP) is 2.91. The topological polar surface area (TPSA) is 69.6 Å². The van der Waals surface area contributed by atoms with Gasteiger partial charge in [0.25, 0.3) is 0 Å². The second-order valence-electron chi connectivity index (χ2n) is 4.29. The molecule has 1 atom stereocenters. The van der Waals surface area contributed by atoms with Crippen molar-refractivity contribution < 1.29 is 0 Å². The van der Waals surface area contributed by atoms with Gasteiger partial charge in [0.15, 0.2) is 0 Å². The molecular formula is C13H13Cl2N5. The van der Waals surface area contributed by atoms with Crippen molar-refractivity contribution in [3.05, 3.63) is 47.6 Å². The van der Waals surface area contributed by atoms with Crippen molar-refractivity contribution >= 4 is 35.0 Å². The molecule has 3 aromatic heterocycles. The molecule has 0 aliphatic heterocycles. The summed E-state index contributed by atoms with van der Waals surface area (Å²) in [6, 6.07) is 5.33. The summed E-state index contributed by atoms with van der Waals surface area (Å²) in [6.45, 7) is 1.89. The standard InChI is InChI=1S/C13H12ClN5.ClH/c1-8(15)13-18-10-7-16-5-4-11(10)19(13)12-3-2-9(14)6-17-12;/h2-8H,15H2,1H3;1H. The molecule has 20 heavy (non-hydrogen) atoms. The molecular weight excluding hydrogens is 297 g/mol. The summed E-state index contributed by atoms with van der Waals surface area (Å²) in [4.78, 5) is 12.9. The van der Waals surface area contributed by atoms with Crippen LogP contribution in [0.3, 0.4) is 0 Å². The molecule has 1 unspecified atom stereocenters. The lowest BCUT2D eigenvalue weighted by molar-refractivity contribution is 0.721. The molecule has 0 aromatic carbocycles. The van der Waals surface area contributed by atoms with Crippen LogP contribution in [0, 0.1) is 0 Å². The third-order valence-electron chi connectivity index (χ3n) is 2.83. The maximum atomic E-state index is 5.99. The van der Waals surface area contributed by atoms with Crippen molar-refractivity contribution in [2.45, 2.75) is 13.0 Å². The first-order chi connectivity index (χ1) is 9.16. The van der Waals surface area contributed by atoms with Crippen molar-refractivity contribution in [1.82, 2.24) is 19.5 Å². The smallest absolute Gasteiger partial charge is 0.138 e. The Morgan fingerprint density at radius 2 is 2.05 bits per heavy atom. The van der Waals surface area contributed by atoms with Crippen LogP contribution in [0.2, 0.25) is 5.02 Å². The molecule has 2 N–H and O–H groups in total. The van der Waals surface area contributed by atoms with Crippen LogP contribution in [0.15, 0.2) is 36.8 Å². The first kappa shape index (κ1) is 14.7. The number of hydrogen-bond acceptors (Lipinski definition) is 4. The Kier molecular flexibility index (Phi) is 4.23. The molecule has 5 nitrogen and oxygen atoms in total. The molecule has 0 amide bonds. The maximum Gasteiger partial charge on any atom is 0.138 e. The van der Waals surface area contributed by atoms with Crippen LogP contribution in [0.25, 0.3) is 16.9 Å². The molecule has 0 bridgehead atoms. The normalized spacial score (nSPS) is 12.2. The molecule has 104 valence electrons. The minimum Gasteiger partial charge on any atom is -0.322 e. The van der Waals surface area contributed by atoms with Crippen molar-refractivity contribution in [2.24, 2.45) is 5.73 Å². The molecule has 7 heteroatoms. The van der Waals surface area contributed by atoms with Crippen LogP contribution in [-0.4, -0.2) is 19.5 Å². The number of rotatable bonds is 2. The van der Waals surface area contributed by atoms with Gasteiger partial charge in [-0.3, -0.25) is 9.55 Å². The van der Waals surface area contributed by atoms with Crippen LogP contribution in [0.1, 0.15) is 18.8 Å². The van der Waals surface area contributed by atoms with E-state index in [4.69, 9.17) is 17.3 Å². The molecule has 3 aromatic rings. The van der Waals surface area contributed by atoms with E-state index in [1.807, 2.05) is 23.6 Å². The Labute approximate surface area is 127 Å². The second-order valence-corrected chi connectivity index (χ2v) is 4.73. The van der Waals surface area contributed by atoms with E-state index >= 15 is 0 Å². The van der Waals surface area contributed by atoms with E-state index < -0.39 is 0 Å². The fourth-order valence-electron chi connectivity index (χ4n) is 2.00. The summed E-state index contributed by atoms with van der Waals surface area (Å²) >= 11 is 5.87. The van der Waals surface area contributed by atoms with Gasteiger partial charge in [-0.05, 0) is 25.1 Å². The zero-order valence-corrected chi connectivity index (χ0v) is 12.3. The van der Waals surface area contributed by atoms with Crippen LogP contribution >= 0.6 is 24.0 Å². The highest BCUT2D eigenvalue weighted by Gasteiger charge is 2.15. The largest absolute Gasteiger partial charge is 0.322 e. The highest BCUT2D eigenvalue weighted by Crippen LogP contribution is 2.23. The summed E-state index contributed by atoms with van der Waals surface area (Å²) in [7, 11) is 0. The van der Waals surface area contributed by atoms with E-state index in [0.717, 1.165) is 22.7 Å². The number of nitrogens with two attached hydrogens (primary N) is 1. The quantitative estimate of drug-likeness (QED) is 0.790. The number of fused-ring (bicyclic) bond motifs is 1. The number of nitrogens with zero attached hydrogens (tertiary/aromatic N) is 4. The molecule has 0 spiro atoms. The van der Waals surface area contributed by atoms with Crippen molar-refractivity contribution in [3.63, 3.8) is 0 Å². The van der Waals surface area contributed by atoms with Gasteiger partial charge in [-0.1, -0.05) is 11.6 Å². The zero-order chi connectivity index (χ0) is 13.4. The third kappa shape index (κ3) is 2.47. The van der Waals surface area contributed by atoms with Crippen molar-refractivity contribution in [1.29, 1.82) is 0 Å². The van der Waals surface area contributed by atoms with E-state index in [-0.39, 0.29) is 18.4 Å². The van der Waals surface area contributed by atoms with Gasteiger partial charge in [0.2, 0.25) is 0 Å². The molecule has 0 saturated carbocycles. The van der Waals surface area contributed by atoms with Gasteiger partial charge in [-0.2, -0.15) is 0 Å². The number of halogens is 2. The maximum absolute atomic E-state index is 5.99. The highest BCUT2D eigenvalue weighted by molar-refractivity contribution is 6.30. The van der Waals surface area contributed by atoms with Crippen LogP contribution in [0.4, 0.5) is 0 Å². The van der Waals surface area contributed by atoms with Gasteiger partial charge < -0.3 is 5.73 Å². The Bertz CT molecular complexity index is 721. The Balaban J connectivity index is 0.00000147. The molecule has 0 radical (unpaired) electrons. The summed E-state index contributed by atoms with van der Waals surface area (Å²) in [5.41, 5.74) is 7.71. The SMILES string of the molecule is CC(N)c1nc2cnccc2n1-c1ccc(Cl)cn1.Cl. The molecule has 0 aliphatic carbocycles. The molecule has 0 aliphatic rings. The predicted molar refractivity (Wildman–Crippen MR) is 81.5 cm³/mol. The first-order valence-electron chi connectivity index (χ1n) is 5.86. The van der Waals surface area contributed by atoms with E-state index in [0.29, 0.717) is 5.02 Å². The van der Waals surface area contributed by atoms with Crippen LogP contribution in [-0.2, 0) is 0 Å². The number of imidazole rings is 1. The average Bonchev–Trinajstić information content (AvgIpc) is 2.79. The fourth-order valence-corrected chi connectivity index (χ4v) is 2.11. The summed E-state index contributed by atoms with van der Waals surface area (Å²) in [6.07, 6.45) is 5.05. The Hall–Kier alpha value is -1.69. The zero-order valence-electron chi connectivity index (χ0n) is 10.7. The summed E-state index contributed by atoms with van der Waals surface area (Å²) < 4.78 is 1.93. The van der Waals surface area contributed by atoms with Gasteiger partial charge >= 0.3 is 0 Å². The van der Waals surface area contributed by atoms with E-state index in [9.17, 15) is 0 Å². The summed E-state index contributed by atoms with van der Waals surface area (Å²) in [5, 5.41) is 0.595. The lowest BCUT2D eigenvalue weighted by Crippen LogP contribution is -2.13. The van der Waals surface area contributed by atoms with Gasteiger partial charge in [-0.25, -0.2) is 9.97 Å². The van der Waals surface area contributed by atoms with Gasteiger partial charge in [-0.15, -0.1) is 12.4 Å². The molecule has 3 rings (SSSR count). The van der Waals surface area contributed by atoms with Crippen molar-refractivity contribution in [2.75, 3.05) is 0 Å². The monoisotopic (exact) mass is 309 g/mol. The molecule has 3 heterocycles. The number of pyridine rings is 2. The van der Waals surface area contributed by atoms with E-state index in [2.05, 4.69) is 15.0 Å². The minimum absolute atomic E-state index is 0.